The van der Waals surface area contributed by atoms with E-state index in [2.05, 4.69) is 17.9 Å². The number of hydrogen-bond acceptors (Lipinski definition) is 4. The molecule has 0 amide bonds. The normalized spacial score (nSPS) is 20.0. The lowest BCUT2D eigenvalue weighted by Gasteiger charge is -2.34. The number of hydrogen-bond donors (Lipinski definition) is 1. The smallest absolute Gasteiger partial charge is 0.101 e. The van der Waals surface area contributed by atoms with E-state index in [1.165, 1.54) is 0 Å². The van der Waals surface area contributed by atoms with Crippen molar-refractivity contribution in [2.75, 3.05) is 30.3 Å². The molecule has 0 aliphatic carbocycles. The number of benzene rings is 1. The summed E-state index contributed by atoms with van der Waals surface area (Å²) in [6.07, 6.45) is 1.29. The summed E-state index contributed by atoms with van der Waals surface area (Å²) in [4.78, 5) is 2.25. The van der Waals surface area contributed by atoms with Gasteiger partial charge in [0.05, 0.1) is 18.3 Å². The van der Waals surface area contributed by atoms with Gasteiger partial charge in [-0.05, 0) is 24.6 Å². The fourth-order valence-electron chi connectivity index (χ4n) is 2.04. The molecule has 1 aromatic rings. The summed E-state index contributed by atoms with van der Waals surface area (Å²) >= 11 is 0. The van der Waals surface area contributed by atoms with Gasteiger partial charge in [0.2, 0.25) is 0 Å². The molecular weight excluding hydrogens is 214 g/mol. The van der Waals surface area contributed by atoms with Gasteiger partial charge in [-0.25, -0.2) is 0 Å². The Bertz CT molecular complexity index is 439. The monoisotopic (exact) mass is 231 g/mol. The topological polar surface area (TPSA) is 62.3 Å². The molecule has 1 aromatic carbocycles. The highest BCUT2D eigenvalue weighted by Crippen LogP contribution is 2.23. The first-order valence-electron chi connectivity index (χ1n) is 5.90. The first kappa shape index (κ1) is 11.7. The Morgan fingerprint density at radius 3 is 3.12 bits per heavy atom. The molecule has 1 heterocycles. The Balaban J connectivity index is 2.19. The van der Waals surface area contributed by atoms with Crippen LogP contribution in [0.2, 0.25) is 0 Å². The third kappa shape index (κ3) is 2.51. The lowest BCUT2D eigenvalue weighted by Crippen LogP contribution is -2.42. The van der Waals surface area contributed by atoms with Crippen LogP contribution in [0.15, 0.2) is 18.2 Å². The average Bonchev–Trinajstić information content (AvgIpc) is 2.39. The maximum atomic E-state index is 8.97. The maximum absolute atomic E-state index is 8.97. The Hall–Kier alpha value is -1.73. The van der Waals surface area contributed by atoms with Crippen LogP contribution in [-0.4, -0.2) is 25.8 Å². The van der Waals surface area contributed by atoms with E-state index in [-0.39, 0.29) is 6.10 Å². The first-order chi connectivity index (χ1) is 8.24. The largest absolute Gasteiger partial charge is 0.398 e. The number of morpholine rings is 1. The van der Waals surface area contributed by atoms with Gasteiger partial charge in [-0.3, -0.25) is 0 Å². The predicted octanol–water partition coefficient (Wildman–Crippen LogP) is 1.76. The van der Waals surface area contributed by atoms with Crippen molar-refractivity contribution in [3.8, 4) is 6.07 Å². The van der Waals surface area contributed by atoms with Gasteiger partial charge in [-0.15, -0.1) is 0 Å². The number of ether oxygens (including phenoxy) is 1. The van der Waals surface area contributed by atoms with Crippen LogP contribution in [0, 0.1) is 11.3 Å². The minimum absolute atomic E-state index is 0.284. The lowest BCUT2D eigenvalue weighted by atomic mass is 10.1. The number of anilines is 2. The molecule has 0 spiro atoms. The molecule has 4 heteroatoms. The third-order valence-electron chi connectivity index (χ3n) is 3.12. The first-order valence-corrected chi connectivity index (χ1v) is 5.90. The van der Waals surface area contributed by atoms with Gasteiger partial charge in [0, 0.05) is 24.5 Å². The van der Waals surface area contributed by atoms with Gasteiger partial charge in [0.1, 0.15) is 6.07 Å². The van der Waals surface area contributed by atoms with E-state index in [4.69, 9.17) is 15.7 Å². The van der Waals surface area contributed by atoms with Crippen LogP contribution in [0.5, 0.6) is 0 Å². The predicted molar refractivity (Wildman–Crippen MR) is 67.8 cm³/mol. The second-order valence-electron chi connectivity index (χ2n) is 4.23. The zero-order valence-electron chi connectivity index (χ0n) is 10.0. The molecule has 1 unspecified atom stereocenters. The van der Waals surface area contributed by atoms with Crippen molar-refractivity contribution in [3.63, 3.8) is 0 Å². The molecule has 2 rings (SSSR count). The van der Waals surface area contributed by atoms with Crippen molar-refractivity contribution in [2.24, 2.45) is 0 Å². The quantitative estimate of drug-likeness (QED) is 0.788. The molecule has 0 bridgehead atoms. The van der Waals surface area contributed by atoms with E-state index >= 15 is 0 Å². The van der Waals surface area contributed by atoms with Gasteiger partial charge in [-0.1, -0.05) is 6.92 Å². The number of nitrogens with two attached hydrogens (primary N) is 1. The summed E-state index contributed by atoms with van der Waals surface area (Å²) in [6.45, 7) is 4.61. The van der Waals surface area contributed by atoms with E-state index in [1.54, 1.807) is 6.07 Å². The third-order valence-corrected chi connectivity index (χ3v) is 3.12. The molecular formula is C13H17N3O. The summed E-state index contributed by atoms with van der Waals surface area (Å²) < 4.78 is 5.63. The van der Waals surface area contributed by atoms with Crippen molar-refractivity contribution in [2.45, 2.75) is 19.4 Å². The zero-order valence-corrected chi connectivity index (χ0v) is 10.0. The number of rotatable bonds is 2. The van der Waals surface area contributed by atoms with Crippen LogP contribution in [0.25, 0.3) is 0 Å². The Morgan fingerprint density at radius 1 is 1.59 bits per heavy atom. The highest BCUT2D eigenvalue weighted by Gasteiger charge is 2.19. The average molecular weight is 231 g/mol. The van der Waals surface area contributed by atoms with Crippen LogP contribution in [0.4, 0.5) is 11.4 Å². The molecule has 17 heavy (non-hydrogen) atoms. The lowest BCUT2D eigenvalue weighted by molar-refractivity contribution is 0.0384. The summed E-state index contributed by atoms with van der Waals surface area (Å²) in [5.41, 5.74) is 7.85. The molecule has 0 saturated carbocycles. The van der Waals surface area contributed by atoms with E-state index in [0.29, 0.717) is 11.3 Å². The van der Waals surface area contributed by atoms with Crippen molar-refractivity contribution >= 4 is 11.4 Å². The molecule has 1 saturated heterocycles. The van der Waals surface area contributed by atoms with E-state index in [9.17, 15) is 0 Å². The van der Waals surface area contributed by atoms with Gasteiger partial charge >= 0.3 is 0 Å². The minimum Gasteiger partial charge on any atom is -0.398 e. The van der Waals surface area contributed by atoms with Crippen LogP contribution >= 0.6 is 0 Å². The van der Waals surface area contributed by atoms with Gasteiger partial charge in [0.15, 0.2) is 0 Å². The Kier molecular flexibility index (Phi) is 3.50. The standard InChI is InChI=1S/C13H17N3O/c1-2-12-9-16(5-6-17-12)11-3-4-13(15)10(7-11)8-14/h3-4,7,12H,2,5-6,9,15H2,1H3. The van der Waals surface area contributed by atoms with Gasteiger partial charge in [-0.2, -0.15) is 5.26 Å². The second kappa shape index (κ2) is 5.07. The molecule has 1 aliphatic rings. The summed E-state index contributed by atoms with van der Waals surface area (Å²) in [6, 6.07) is 7.73. The van der Waals surface area contributed by atoms with E-state index in [0.717, 1.165) is 31.8 Å². The van der Waals surface area contributed by atoms with Crippen LogP contribution in [0.3, 0.4) is 0 Å². The fourth-order valence-corrected chi connectivity index (χ4v) is 2.04. The van der Waals surface area contributed by atoms with Crippen LogP contribution < -0.4 is 10.6 Å². The SMILES string of the molecule is CCC1CN(c2ccc(N)c(C#N)c2)CCO1. The van der Waals surface area contributed by atoms with E-state index in [1.807, 2.05) is 12.1 Å². The van der Waals surface area contributed by atoms with Crippen molar-refractivity contribution in [3.05, 3.63) is 23.8 Å². The maximum Gasteiger partial charge on any atom is 0.101 e. The number of nitrogens with zero attached hydrogens (tertiary/aromatic N) is 2. The molecule has 2 N–H and O–H groups in total. The molecule has 4 nitrogen and oxygen atoms in total. The van der Waals surface area contributed by atoms with E-state index < -0.39 is 0 Å². The molecule has 1 atom stereocenters. The van der Waals surface area contributed by atoms with Gasteiger partial charge in [0.25, 0.3) is 0 Å². The Labute approximate surface area is 102 Å². The molecule has 1 aliphatic heterocycles. The fraction of sp³-hybridized carbons (Fsp3) is 0.462. The van der Waals surface area contributed by atoms with Gasteiger partial charge < -0.3 is 15.4 Å². The Morgan fingerprint density at radius 2 is 2.41 bits per heavy atom. The molecule has 0 aromatic heterocycles. The van der Waals surface area contributed by atoms with Crippen molar-refractivity contribution in [1.82, 2.24) is 0 Å². The summed E-state index contributed by atoms with van der Waals surface area (Å²) in [5.74, 6) is 0. The highest BCUT2D eigenvalue weighted by molar-refractivity contribution is 5.62. The molecule has 1 fully saturated rings. The summed E-state index contributed by atoms with van der Waals surface area (Å²) in [7, 11) is 0. The minimum atomic E-state index is 0.284. The van der Waals surface area contributed by atoms with Crippen LogP contribution in [0.1, 0.15) is 18.9 Å². The highest BCUT2D eigenvalue weighted by atomic mass is 16.5. The second-order valence-corrected chi connectivity index (χ2v) is 4.23. The van der Waals surface area contributed by atoms with Crippen LogP contribution in [-0.2, 0) is 4.74 Å². The number of nitrogen functional groups attached to an aromatic ring is 1. The molecule has 90 valence electrons. The summed E-state index contributed by atoms with van der Waals surface area (Å²) in [5, 5.41) is 8.97. The molecule has 0 radical (unpaired) electrons. The number of nitriles is 1. The van der Waals surface area contributed by atoms with Crippen molar-refractivity contribution in [1.29, 1.82) is 5.26 Å². The zero-order chi connectivity index (χ0) is 12.3. The van der Waals surface area contributed by atoms with Crippen molar-refractivity contribution < 1.29 is 4.74 Å².